The molecule has 3 heteroatoms. The molecule has 2 rings (SSSR count). The van der Waals surface area contributed by atoms with Crippen molar-refractivity contribution in [1.29, 1.82) is 0 Å². The van der Waals surface area contributed by atoms with Crippen molar-refractivity contribution in [2.24, 2.45) is 0 Å². The third kappa shape index (κ3) is 2.88. The summed E-state index contributed by atoms with van der Waals surface area (Å²) in [5.41, 5.74) is 4.58. The molecule has 0 fully saturated rings. The molecule has 2 aromatic carbocycles. The average molecular weight is 325 g/mol. The number of rotatable bonds is 3. The molecule has 0 atom stereocenters. The molecule has 0 aliphatic rings. The summed E-state index contributed by atoms with van der Waals surface area (Å²) in [7, 11) is 2.03. The lowest BCUT2D eigenvalue weighted by Crippen LogP contribution is -2.10. The van der Waals surface area contributed by atoms with Gasteiger partial charge in [0.05, 0.1) is 10.7 Å². The minimum absolute atomic E-state index is 0.779. The van der Waals surface area contributed by atoms with Gasteiger partial charge in [-0.3, -0.25) is 0 Å². The maximum absolute atomic E-state index is 6.30. The molecule has 0 radical (unpaired) electrons. The molecule has 2 aromatic rings. The largest absolute Gasteiger partial charge is 0.343 e. The van der Waals surface area contributed by atoms with Crippen LogP contribution in [0.3, 0.4) is 0 Å². The topological polar surface area (TPSA) is 3.24 Å². The second kappa shape index (κ2) is 5.77. The Morgan fingerprint density at radius 2 is 1.94 bits per heavy atom. The first-order valence-electron chi connectivity index (χ1n) is 5.76. The van der Waals surface area contributed by atoms with Crippen LogP contribution >= 0.6 is 27.5 Å². The van der Waals surface area contributed by atoms with Crippen molar-refractivity contribution in [3.05, 3.63) is 58.6 Å². The summed E-state index contributed by atoms with van der Waals surface area (Å²) in [5, 5.41) is 1.64. The lowest BCUT2D eigenvalue weighted by molar-refractivity contribution is 1.20. The van der Waals surface area contributed by atoms with Crippen LogP contribution in [0.5, 0.6) is 0 Å². The van der Waals surface area contributed by atoms with Crippen LogP contribution in [0.2, 0.25) is 5.02 Å². The van der Waals surface area contributed by atoms with Crippen molar-refractivity contribution in [2.75, 3.05) is 11.9 Å². The lowest BCUT2D eigenvalue weighted by Gasteiger charge is -2.21. The molecule has 0 bridgehead atoms. The van der Waals surface area contributed by atoms with Crippen molar-refractivity contribution in [3.63, 3.8) is 0 Å². The minimum Gasteiger partial charge on any atom is -0.343 e. The summed E-state index contributed by atoms with van der Waals surface area (Å²) in [6, 6.07) is 14.5. The zero-order valence-electron chi connectivity index (χ0n) is 10.5. The Balaban J connectivity index is 2.37. The summed E-state index contributed by atoms with van der Waals surface area (Å²) >= 11 is 9.77. The fraction of sp³-hybridized carbons (Fsp3) is 0.200. The van der Waals surface area contributed by atoms with Crippen LogP contribution in [0.15, 0.2) is 42.5 Å². The maximum atomic E-state index is 6.30. The second-order valence-electron chi connectivity index (χ2n) is 4.32. The highest BCUT2D eigenvalue weighted by Gasteiger charge is 2.08. The maximum Gasteiger partial charge on any atom is 0.0645 e. The molecular weight excluding hydrogens is 310 g/mol. The van der Waals surface area contributed by atoms with E-state index in [9.17, 15) is 0 Å². The zero-order chi connectivity index (χ0) is 13.1. The van der Waals surface area contributed by atoms with Gasteiger partial charge in [0.2, 0.25) is 0 Å². The van der Waals surface area contributed by atoms with Gasteiger partial charge in [-0.05, 0) is 42.3 Å². The molecule has 0 N–H and O–H groups in total. The monoisotopic (exact) mass is 323 g/mol. The van der Waals surface area contributed by atoms with Gasteiger partial charge in [-0.1, -0.05) is 45.7 Å². The molecule has 0 unspecified atom stereocenters. The molecule has 1 nitrogen and oxygen atoms in total. The highest BCUT2D eigenvalue weighted by atomic mass is 79.9. The van der Waals surface area contributed by atoms with Gasteiger partial charge in [0.1, 0.15) is 0 Å². The van der Waals surface area contributed by atoms with E-state index in [-0.39, 0.29) is 0 Å². The van der Waals surface area contributed by atoms with Crippen molar-refractivity contribution in [1.82, 2.24) is 0 Å². The molecule has 0 spiro atoms. The molecule has 0 saturated heterocycles. The van der Waals surface area contributed by atoms with E-state index in [0.717, 1.165) is 21.7 Å². The van der Waals surface area contributed by atoms with Crippen LogP contribution in [0.1, 0.15) is 11.1 Å². The van der Waals surface area contributed by atoms with Gasteiger partial charge in [-0.15, -0.1) is 0 Å². The number of anilines is 2. The van der Waals surface area contributed by atoms with Crippen LogP contribution in [0, 0.1) is 6.92 Å². The smallest absolute Gasteiger partial charge is 0.0645 e. The van der Waals surface area contributed by atoms with Crippen LogP contribution in [-0.2, 0) is 5.33 Å². The van der Waals surface area contributed by atoms with Gasteiger partial charge in [-0.25, -0.2) is 0 Å². The molecular formula is C15H15BrClN. The molecule has 0 aromatic heterocycles. The molecule has 94 valence electrons. The first kappa shape index (κ1) is 13.4. The fourth-order valence-electron chi connectivity index (χ4n) is 1.87. The number of hydrogen-bond acceptors (Lipinski definition) is 1. The van der Waals surface area contributed by atoms with E-state index >= 15 is 0 Å². The highest BCUT2D eigenvalue weighted by molar-refractivity contribution is 9.08. The van der Waals surface area contributed by atoms with E-state index in [0.29, 0.717) is 0 Å². The molecule has 0 aliphatic heterocycles. The number of hydrogen-bond donors (Lipinski definition) is 0. The number of benzene rings is 2. The molecule has 0 heterocycles. The van der Waals surface area contributed by atoms with Crippen LogP contribution in [0.25, 0.3) is 0 Å². The Kier molecular flexibility index (Phi) is 4.31. The molecule has 0 amide bonds. The Bertz CT molecular complexity index is 554. The zero-order valence-corrected chi connectivity index (χ0v) is 12.8. The van der Waals surface area contributed by atoms with Crippen molar-refractivity contribution < 1.29 is 0 Å². The van der Waals surface area contributed by atoms with Gasteiger partial charge >= 0.3 is 0 Å². The summed E-state index contributed by atoms with van der Waals surface area (Å²) in [6.07, 6.45) is 0. The number of alkyl halides is 1. The van der Waals surface area contributed by atoms with E-state index in [1.165, 1.54) is 11.1 Å². The first-order chi connectivity index (χ1) is 8.61. The van der Waals surface area contributed by atoms with E-state index in [4.69, 9.17) is 11.6 Å². The SMILES string of the molecule is Cc1ccc(N(C)c2cccc(CBr)c2)c(Cl)c1. The van der Waals surface area contributed by atoms with Crippen LogP contribution in [-0.4, -0.2) is 7.05 Å². The highest BCUT2D eigenvalue weighted by Crippen LogP contribution is 2.31. The Morgan fingerprint density at radius 3 is 2.61 bits per heavy atom. The molecule has 18 heavy (non-hydrogen) atoms. The van der Waals surface area contributed by atoms with E-state index < -0.39 is 0 Å². The van der Waals surface area contributed by atoms with Crippen LogP contribution in [0.4, 0.5) is 11.4 Å². The van der Waals surface area contributed by atoms with Crippen LogP contribution < -0.4 is 4.90 Å². The van der Waals surface area contributed by atoms with Gasteiger partial charge in [0.25, 0.3) is 0 Å². The Hall–Kier alpha value is -0.990. The second-order valence-corrected chi connectivity index (χ2v) is 5.29. The molecule has 0 aliphatic carbocycles. The summed E-state index contributed by atoms with van der Waals surface area (Å²) in [4.78, 5) is 2.11. The fourth-order valence-corrected chi connectivity index (χ4v) is 2.58. The quantitative estimate of drug-likeness (QED) is 0.691. The van der Waals surface area contributed by atoms with E-state index in [1.54, 1.807) is 0 Å². The Morgan fingerprint density at radius 1 is 1.17 bits per heavy atom. The number of aryl methyl sites for hydroxylation is 1. The average Bonchev–Trinajstić information content (AvgIpc) is 2.38. The summed E-state index contributed by atoms with van der Waals surface area (Å²) in [5.74, 6) is 0. The molecule has 0 saturated carbocycles. The van der Waals surface area contributed by atoms with Crippen molar-refractivity contribution in [2.45, 2.75) is 12.3 Å². The van der Waals surface area contributed by atoms with Gasteiger partial charge in [0.15, 0.2) is 0 Å². The van der Waals surface area contributed by atoms with E-state index in [1.807, 2.05) is 20.0 Å². The predicted molar refractivity (Wildman–Crippen MR) is 83.3 cm³/mol. The third-order valence-corrected chi connectivity index (χ3v) is 3.87. The number of nitrogens with zero attached hydrogens (tertiary/aromatic N) is 1. The lowest BCUT2D eigenvalue weighted by atomic mass is 10.1. The minimum atomic E-state index is 0.779. The van der Waals surface area contributed by atoms with E-state index in [2.05, 4.69) is 57.2 Å². The normalized spacial score (nSPS) is 10.4. The first-order valence-corrected chi connectivity index (χ1v) is 7.26. The van der Waals surface area contributed by atoms with Crippen molar-refractivity contribution >= 4 is 38.9 Å². The third-order valence-electron chi connectivity index (χ3n) is 2.92. The Labute approximate surface area is 122 Å². The standard InChI is InChI=1S/C15H15BrClN/c1-11-6-7-15(14(17)8-11)18(2)13-5-3-4-12(9-13)10-16/h3-9H,10H2,1-2H3. The summed E-state index contributed by atoms with van der Waals surface area (Å²) < 4.78 is 0. The van der Waals surface area contributed by atoms with Gasteiger partial charge < -0.3 is 4.90 Å². The van der Waals surface area contributed by atoms with Gasteiger partial charge in [-0.2, -0.15) is 0 Å². The van der Waals surface area contributed by atoms with Gasteiger partial charge in [0, 0.05) is 18.1 Å². The number of halogens is 2. The predicted octanol–water partition coefficient (Wildman–Crippen LogP) is 5.31. The summed E-state index contributed by atoms with van der Waals surface area (Å²) in [6.45, 7) is 2.04. The van der Waals surface area contributed by atoms with Crippen molar-refractivity contribution in [3.8, 4) is 0 Å².